The van der Waals surface area contributed by atoms with Crippen LogP contribution in [0.15, 0.2) is 53.3 Å². The van der Waals surface area contributed by atoms with E-state index in [4.69, 9.17) is 4.74 Å². The summed E-state index contributed by atoms with van der Waals surface area (Å²) in [6.45, 7) is 7.67. The van der Waals surface area contributed by atoms with Gasteiger partial charge >= 0.3 is 0 Å². The summed E-state index contributed by atoms with van der Waals surface area (Å²) >= 11 is 0. The minimum atomic E-state index is -0.193. The molecule has 0 atom stereocenters. The van der Waals surface area contributed by atoms with Crippen molar-refractivity contribution in [2.24, 2.45) is 0 Å². The van der Waals surface area contributed by atoms with Crippen LogP contribution >= 0.6 is 0 Å². The highest BCUT2D eigenvalue weighted by Gasteiger charge is 2.15. The maximum Gasteiger partial charge on any atom is 0.274 e. The van der Waals surface area contributed by atoms with Gasteiger partial charge < -0.3 is 15.0 Å². The van der Waals surface area contributed by atoms with Gasteiger partial charge in [-0.15, -0.1) is 0 Å². The van der Waals surface area contributed by atoms with Crippen LogP contribution < -0.4 is 15.6 Å². The fourth-order valence-corrected chi connectivity index (χ4v) is 4.05. The van der Waals surface area contributed by atoms with Gasteiger partial charge in [0.05, 0.1) is 30.3 Å². The molecule has 1 aliphatic heterocycles. The highest BCUT2D eigenvalue weighted by molar-refractivity contribution is 5.94. The molecular formula is C25H30N4O3. The van der Waals surface area contributed by atoms with Gasteiger partial charge in [0.1, 0.15) is 5.75 Å². The van der Waals surface area contributed by atoms with Gasteiger partial charge in [-0.2, -0.15) is 5.10 Å². The third-order valence-electron chi connectivity index (χ3n) is 5.68. The van der Waals surface area contributed by atoms with Gasteiger partial charge in [0, 0.05) is 17.5 Å². The average molecular weight is 435 g/mol. The Kier molecular flexibility index (Phi) is 6.85. The standard InChI is InChI=1S/C25H30N4O3/c1-18(2)32-20-11-9-19(10-12-20)24(30)26-17-23-21-7-3-4-8-22(21)25(31)29(27-23)16-15-28-13-5-6-14-28/h3-4,7-12,18H,5-6,13-17H2,1-2H3,(H,26,30). The van der Waals surface area contributed by atoms with E-state index in [1.165, 1.54) is 12.8 Å². The van der Waals surface area contributed by atoms with Crippen LogP contribution in [0.2, 0.25) is 0 Å². The van der Waals surface area contributed by atoms with Gasteiger partial charge in [0.25, 0.3) is 11.5 Å². The summed E-state index contributed by atoms with van der Waals surface area (Å²) in [5.74, 6) is 0.538. The third kappa shape index (κ3) is 5.16. The lowest BCUT2D eigenvalue weighted by Crippen LogP contribution is -2.32. The largest absolute Gasteiger partial charge is 0.491 e. The molecule has 1 fully saturated rings. The van der Waals surface area contributed by atoms with E-state index in [1.54, 1.807) is 28.9 Å². The number of fused-ring (bicyclic) bond motifs is 1. The number of rotatable bonds is 8. The molecule has 1 N–H and O–H groups in total. The molecule has 3 aromatic rings. The number of hydrogen-bond acceptors (Lipinski definition) is 5. The molecule has 0 saturated carbocycles. The van der Waals surface area contributed by atoms with Crippen LogP contribution in [0.4, 0.5) is 0 Å². The molecule has 32 heavy (non-hydrogen) atoms. The van der Waals surface area contributed by atoms with Gasteiger partial charge in [0.2, 0.25) is 0 Å². The van der Waals surface area contributed by atoms with Crippen LogP contribution in [0, 0.1) is 0 Å². The Balaban J connectivity index is 1.50. The van der Waals surface area contributed by atoms with Crippen LogP contribution in [-0.4, -0.2) is 46.3 Å². The van der Waals surface area contributed by atoms with Crippen LogP contribution in [0.25, 0.3) is 10.8 Å². The molecule has 1 amide bonds. The van der Waals surface area contributed by atoms with E-state index >= 15 is 0 Å². The summed E-state index contributed by atoms with van der Waals surface area (Å²) in [7, 11) is 0. The van der Waals surface area contributed by atoms with Crippen molar-refractivity contribution in [1.82, 2.24) is 20.0 Å². The minimum Gasteiger partial charge on any atom is -0.491 e. The van der Waals surface area contributed by atoms with E-state index in [0.29, 0.717) is 23.2 Å². The zero-order valence-electron chi connectivity index (χ0n) is 18.7. The van der Waals surface area contributed by atoms with E-state index in [1.807, 2.05) is 38.1 Å². The Bertz CT molecular complexity index is 1130. The first-order chi connectivity index (χ1) is 15.5. The number of hydrogen-bond donors (Lipinski definition) is 1. The van der Waals surface area contributed by atoms with Crippen molar-refractivity contribution in [3.8, 4) is 5.75 Å². The number of nitrogens with one attached hydrogen (secondary N) is 1. The maximum absolute atomic E-state index is 12.9. The lowest BCUT2D eigenvalue weighted by atomic mass is 10.1. The van der Waals surface area contributed by atoms with Crippen molar-refractivity contribution in [1.29, 1.82) is 0 Å². The first kappa shape index (κ1) is 22.0. The molecule has 0 spiro atoms. The van der Waals surface area contributed by atoms with Crippen LogP contribution in [0.5, 0.6) is 5.75 Å². The number of nitrogens with zero attached hydrogens (tertiary/aromatic N) is 3. The molecule has 1 aromatic heterocycles. The van der Waals surface area contributed by atoms with Crippen LogP contribution in [0.3, 0.4) is 0 Å². The van der Waals surface area contributed by atoms with Crippen molar-refractivity contribution < 1.29 is 9.53 Å². The molecular weight excluding hydrogens is 404 g/mol. The predicted octanol–water partition coefficient (Wildman–Crippen LogP) is 3.21. The summed E-state index contributed by atoms with van der Waals surface area (Å²) in [5.41, 5.74) is 1.15. The first-order valence-corrected chi connectivity index (χ1v) is 11.3. The molecule has 4 rings (SSSR count). The molecule has 0 bridgehead atoms. The SMILES string of the molecule is CC(C)Oc1ccc(C(=O)NCc2nn(CCN3CCCC3)c(=O)c3ccccc23)cc1. The summed E-state index contributed by atoms with van der Waals surface area (Å²) in [4.78, 5) is 28.0. The Hall–Kier alpha value is -3.19. The van der Waals surface area contributed by atoms with Crippen LogP contribution in [0.1, 0.15) is 42.7 Å². The van der Waals surface area contributed by atoms with E-state index in [2.05, 4.69) is 15.3 Å². The average Bonchev–Trinajstić information content (AvgIpc) is 3.31. The second-order valence-electron chi connectivity index (χ2n) is 8.44. The zero-order valence-corrected chi connectivity index (χ0v) is 18.7. The summed E-state index contributed by atoms with van der Waals surface area (Å²) in [5, 5.41) is 8.96. The summed E-state index contributed by atoms with van der Waals surface area (Å²) < 4.78 is 7.17. The van der Waals surface area contributed by atoms with E-state index in [0.717, 1.165) is 30.8 Å². The maximum atomic E-state index is 12.9. The summed E-state index contributed by atoms with van der Waals surface area (Å²) in [6.07, 6.45) is 2.50. The monoisotopic (exact) mass is 434 g/mol. The smallest absolute Gasteiger partial charge is 0.274 e. The number of likely N-dealkylation sites (tertiary alicyclic amines) is 1. The Morgan fingerprint density at radius 3 is 2.41 bits per heavy atom. The fourth-order valence-electron chi connectivity index (χ4n) is 4.05. The molecule has 0 aliphatic carbocycles. The topological polar surface area (TPSA) is 76.5 Å². The van der Waals surface area contributed by atoms with Crippen molar-refractivity contribution in [3.05, 3.63) is 70.1 Å². The van der Waals surface area contributed by atoms with Gasteiger partial charge in [-0.1, -0.05) is 18.2 Å². The number of amides is 1. The van der Waals surface area contributed by atoms with E-state index in [-0.39, 0.29) is 24.1 Å². The van der Waals surface area contributed by atoms with Crippen molar-refractivity contribution in [3.63, 3.8) is 0 Å². The Morgan fingerprint density at radius 2 is 1.72 bits per heavy atom. The second kappa shape index (κ2) is 9.96. The van der Waals surface area contributed by atoms with Gasteiger partial charge in [-0.25, -0.2) is 4.68 Å². The molecule has 2 aromatic carbocycles. The molecule has 7 heteroatoms. The lowest BCUT2D eigenvalue weighted by molar-refractivity contribution is 0.0950. The quantitative estimate of drug-likeness (QED) is 0.589. The highest BCUT2D eigenvalue weighted by Crippen LogP contribution is 2.16. The zero-order chi connectivity index (χ0) is 22.5. The molecule has 1 saturated heterocycles. The summed E-state index contributed by atoms with van der Waals surface area (Å²) in [6, 6.07) is 14.5. The van der Waals surface area contributed by atoms with Crippen molar-refractivity contribution in [2.75, 3.05) is 19.6 Å². The lowest BCUT2D eigenvalue weighted by Gasteiger charge is -2.16. The van der Waals surface area contributed by atoms with Gasteiger partial charge in [-0.05, 0) is 70.1 Å². The number of ether oxygens (including phenoxy) is 1. The minimum absolute atomic E-state index is 0.0789. The van der Waals surface area contributed by atoms with Crippen LogP contribution in [-0.2, 0) is 13.1 Å². The van der Waals surface area contributed by atoms with Crippen molar-refractivity contribution in [2.45, 2.75) is 45.9 Å². The third-order valence-corrected chi connectivity index (χ3v) is 5.68. The number of carbonyl (C=O) groups is 1. The van der Waals surface area contributed by atoms with E-state index in [9.17, 15) is 9.59 Å². The molecule has 7 nitrogen and oxygen atoms in total. The second-order valence-corrected chi connectivity index (χ2v) is 8.44. The number of aromatic nitrogens is 2. The highest BCUT2D eigenvalue weighted by atomic mass is 16.5. The van der Waals surface area contributed by atoms with E-state index < -0.39 is 0 Å². The molecule has 1 aliphatic rings. The number of benzene rings is 2. The first-order valence-electron chi connectivity index (χ1n) is 11.3. The van der Waals surface area contributed by atoms with Crippen molar-refractivity contribution >= 4 is 16.7 Å². The molecule has 0 radical (unpaired) electrons. The van der Waals surface area contributed by atoms with Gasteiger partial charge in [0.15, 0.2) is 0 Å². The predicted molar refractivity (Wildman–Crippen MR) is 125 cm³/mol. The normalized spacial score (nSPS) is 14.2. The molecule has 0 unspecified atom stereocenters. The molecule has 2 heterocycles. The Morgan fingerprint density at radius 1 is 1.03 bits per heavy atom. The van der Waals surface area contributed by atoms with Gasteiger partial charge in [-0.3, -0.25) is 9.59 Å². The fraction of sp³-hybridized carbons (Fsp3) is 0.400. The molecule has 168 valence electrons. The Labute approximate surface area is 188 Å². The number of carbonyl (C=O) groups excluding carboxylic acids is 1.